The zero-order valence-electron chi connectivity index (χ0n) is 11.8. The summed E-state index contributed by atoms with van der Waals surface area (Å²) in [7, 11) is -2.25. The van der Waals surface area contributed by atoms with E-state index in [4.69, 9.17) is 22.1 Å². The van der Waals surface area contributed by atoms with Gasteiger partial charge in [0, 0.05) is 17.6 Å². The summed E-state index contributed by atoms with van der Waals surface area (Å²) in [6.07, 6.45) is 0.764. The van der Waals surface area contributed by atoms with Crippen LogP contribution >= 0.6 is 27.5 Å². The number of methoxy groups -OCH3 is 1. The minimum absolute atomic E-state index is 0.0777. The van der Waals surface area contributed by atoms with Gasteiger partial charge in [0.1, 0.15) is 4.90 Å². The lowest BCUT2D eigenvalue weighted by Crippen LogP contribution is -2.34. The average Bonchev–Trinajstić information content (AvgIpc) is 2.80. The quantitative estimate of drug-likeness (QED) is 0.847. The SMILES string of the molecule is COc1c(Br)cc(Cl)cc1S(=O)(=O)N1CC(CN)CC1C. The van der Waals surface area contributed by atoms with Crippen LogP contribution < -0.4 is 10.5 Å². The Morgan fingerprint density at radius 1 is 1.52 bits per heavy atom. The molecule has 1 aromatic carbocycles. The first-order valence-corrected chi connectivity index (χ1v) is 9.17. The van der Waals surface area contributed by atoms with E-state index in [-0.39, 0.29) is 22.6 Å². The van der Waals surface area contributed by atoms with Crippen molar-refractivity contribution >= 4 is 37.6 Å². The molecule has 0 radical (unpaired) electrons. The molecule has 1 aromatic rings. The first-order chi connectivity index (χ1) is 9.81. The Bertz CT molecular complexity index is 639. The van der Waals surface area contributed by atoms with Gasteiger partial charge in [0.05, 0.1) is 11.6 Å². The number of sulfonamides is 1. The molecule has 1 saturated heterocycles. The van der Waals surface area contributed by atoms with Crippen LogP contribution in [-0.4, -0.2) is 39.0 Å². The third-order valence-corrected chi connectivity index (χ3v) is 6.50. The van der Waals surface area contributed by atoms with Gasteiger partial charge in [-0.25, -0.2) is 8.42 Å². The number of nitrogens with zero attached hydrogens (tertiary/aromatic N) is 1. The maximum Gasteiger partial charge on any atom is 0.247 e. The monoisotopic (exact) mass is 396 g/mol. The molecular formula is C13H18BrClN2O3S. The lowest BCUT2D eigenvalue weighted by molar-refractivity contribution is 0.383. The first-order valence-electron chi connectivity index (χ1n) is 6.56. The zero-order chi connectivity index (χ0) is 15.8. The molecule has 1 fully saturated rings. The van der Waals surface area contributed by atoms with E-state index in [9.17, 15) is 8.42 Å². The Labute approximate surface area is 138 Å². The van der Waals surface area contributed by atoms with Crippen molar-refractivity contribution in [2.24, 2.45) is 11.7 Å². The number of ether oxygens (including phenoxy) is 1. The Morgan fingerprint density at radius 2 is 2.19 bits per heavy atom. The van der Waals surface area contributed by atoms with Crippen molar-refractivity contribution in [3.8, 4) is 5.75 Å². The minimum Gasteiger partial charge on any atom is -0.494 e. The lowest BCUT2D eigenvalue weighted by Gasteiger charge is -2.22. The van der Waals surface area contributed by atoms with E-state index in [1.54, 1.807) is 6.07 Å². The fraction of sp³-hybridized carbons (Fsp3) is 0.538. The van der Waals surface area contributed by atoms with Crippen molar-refractivity contribution in [2.45, 2.75) is 24.3 Å². The average molecular weight is 398 g/mol. The van der Waals surface area contributed by atoms with Crippen molar-refractivity contribution < 1.29 is 13.2 Å². The van der Waals surface area contributed by atoms with Crippen LogP contribution in [0.1, 0.15) is 13.3 Å². The molecule has 0 aliphatic carbocycles. The van der Waals surface area contributed by atoms with Gasteiger partial charge in [-0.05, 0) is 53.9 Å². The third-order valence-electron chi connectivity index (χ3n) is 3.70. The predicted octanol–water partition coefficient (Wildman–Crippen LogP) is 2.47. The molecule has 0 spiro atoms. The van der Waals surface area contributed by atoms with Crippen LogP contribution in [0.4, 0.5) is 0 Å². The molecule has 1 aliphatic heterocycles. The van der Waals surface area contributed by atoms with Gasteiger partial charge in [-0.3, -0.25) is 0 Å². The van der Waals surface area contributed by atoms with Gasteiger partial charge in [0.15, 0.2) is 5.75 Å². The second kappa shape index (κ2) is 6.42. The molecule has 21 heavy (non-hydrogen) atoms. The van der Waals surface area contributed by atoms with E-state index < -0.39 is 10.0 Å². The summed E-state index contributed by atoms with van der Waals surface area (Å²) in [5.41, 5.74) is 5.67. The normalized spacial score (nSPS) is 23.5. The van der Waals surface area contributed by atoms with Gasteiger partial charge in [0.25, 0.3) is 0 Å². The molecule has 118 valence electrons. The lowest BCUT2D eigenvalue weighted by atomic mass is 10.1. The Morgan fingerprint density at radius 3 is 2.71 bits per heavy atom. The van der Waals surface area contributed by atoms with Crippen LogP contribution in [-0.2, 0) is 10.0 Å². The number of hydrogen-bond donors (Lipinski definition) is 1. The van der Waals surface area contributed by atoms with Crippen molar-refractivity contribution in [3.05, 3.63) is 21.6 Å². The number of halogens is 2. The summed E-state index contributed by atoms with van der Waals surface area (Å²) in [5.74, 6) is 0.450. The maximum atomic E-state index is 12.9. The summed E-state index contributed by atoms with van der Waals surface area (Å²) >= 11 is 9.28. The van der Waals surface area contributed by atoms with Gasteiger partial charge >= 0.3 is 0 Å². The van der Waals surface area contributed by atoms with Crippen LogP contribution in [0.5, 0.6) is 5.75 Å². The van der Waals surface area contributed by atoms with Crippen LogP contribution in [0.3, 0.4) is 0 Å². The summed E-state index contributed by atoms with van der Waals surface area (Å²) < 4.78 is 33.1. The molecule has 2 rings (SSSR count). The molecule has 0 amide bonds. The van der Waals surface area contributed by atoms with Crippen LogP contribution in [0.15, 0.2) is 21.5 Å². The highest BCUT2D eigenvalue weighted by Gasteiger charge is 2.39. The molecule has 0 saturated carbocycles. The molecule has 1 aliphatic rings. The van der Waals surface area contributed by atoms with Crippen molar-refractivity contribution in [1.82, 2.24) is 4.31 Å². The van der Waals surface area contributed by atoms with Gasteiger partial charge in [-0.1, -0.05) is 11.6 Å². The fourth-order valence-corrected chi connectivity index (χ4v) is 5.76. The Kier molecular flexibility index (Phi) is 5.20. The van der Waals surface area contributed by atoms with E-state index in [0.717, 1.165) is 6.42 Å². The Hall–Kier alpha value is -0.340. The topological polar surface area (TPSA) is 72.6 Å². The molecule has 0 bridgehead atoms. The predicted molar refractivity (Wildman–Crippen MR) is 86.2 cm³/mol. The van der Waals surface area contributed by atoms with E-state index in [2.05, 4.69) is 15.9 Å². The zero-order valence-corrected chi connectivity index (χ0v) is 15.0. The minimum atomic E-state index is -3.68. The van der Waals surface area contributed by atoms with E-state index >= 15 is 0 Å². The first kappa shape index (κ1) is 17.0. The molecule has 2 N–H and O–H groups in total. The molecule has 2 atom stereocenters. The van der Waals surface area contributed by atoms with Gasteiger partial charge in [-0.2, -0.15) is 4.31 Å². The van der Waals surface area contributed by atoms with Crippen LogP contribution in [0.25, 0.3) is 0 Å². The Balaban J connectivity index is 2.50. The van der Waals surface area contributed by atoms with E-state index in [1.807, 2.05) is 6.92 Å². The van der Waals surface area contributed by atoms with Gasteiger partial charge in [-0.15, -0.1) is 0 Å². The summed E-state index contributed by atoms with van der Waals surface area (Å²) in [5, 5.41) is 0.337. The van der Waals surface area contributed by atoms with Crippen molar-refractivity contribution in [3.63, 3.8) is 0 Å². The molecular weight excluding hydrogens is 380 g/mol. The maximum absolute atomic E-state index is 12.9. The third kappa shape index (κ3) is 3.22. The number of nitrogens with two attached hydrogens (primary N) is 1. The molecule has 1 heterocycles. The smallest absolute Gasteiger partial charge is 0.247 e. The van der Waals surface area contributed by atoms with Crippen molar-refractivity contribution in [1.29, 1.82) is 0 Å². The molecule has 0 aromatic heterocycles. The number of rotatable bonds is 4. The largest absolute Gasteiger partial charge is 0.494 e. The van der Waals surface area contributed by atoms with Crippen LogP contribution in [0, 0.1) is 5.92 Å². The highest BCUT2D eigenvalue weighted by Crippen LogP contribution is 2.39. The number of benzene rings is 1. The molecule has 2 unspecified atom stereocenters. The second-order valence-corrected chi connectivity index (χ2v) is 8.33. The summed E-state index contributed by atoms with van der Waals surface area (Å²) in [6, 6.07) is 2.93. The molecule has 8 heteroatoms. The second-order valence-electron chi connectivity index (χ2n) is 5.18. The van der Waals surface area contributed by atoms with Gasteiger partial charge in [0.2, 0.25) is 10.0 Å². The van der Waals surface area contributed by atoms with Crippen LogP contribution in [0.2, 0.25) is 5.02 Å². The van der Waals surface area contributed by atoms with Gasteiger partial charge < -0.3 is 10.5 Å². The standard InChI is InChI=1S/C13H18BrClN2O3S/c1-8-3-9(6-16)7-17(8)21(18,19)12-5-10(15)4-11(14)13(12)20-2/h4-5,8-9H,3,6-7,16H2,1-2H3. The fourth-order valence-electron chi connectivity index (χ4n) is 2.67. The molecule has 5 nitrogen and oxygen atoms in total. The summed E-state index contributed by atoms with van der Waals surface area (Å²) in [4.78, 5) is 0.0777. The number of hydrogen-bond acceptors (Lipinski definition) is 4. The highest BCUT2D eigenvalue weighted by atomic mass is 79.9. The van der Waals surface area contributed by atoms with Crippen molar-refractivity contribution in [2.75, 3.05) is 20.2 Å². The summed E-state index contributed by atoms with van der Waals surface area (Å²) in [6.45, 7) is 2.79. The van der Waals surface area contributed by atoms with E-state index in [0.29, 0.717) is 22.6 Å². The highest BCUT2D eigenvalue weighted by molar-refractivity contribution is 9.10. The van der Waals surface area contributed by atoms with E-state index in [1.165, 1.54) is 17.5 Å².